The zero-order valence-electron chi connectivity index (χ0n) is 25.5. The number of esters is 1. The summed E-state index contributed by atoms with van der Waals surface area (Å²) in [6.45, 7) is 2.18. The summed E-state index contributed by atoms with van der Waals surface area (Å²) in [6.07, 6.45) is 0.966. The molecule has 10 heteroatoms. The molecule has 4 atom stereocenters. The van der Waals surface area contributed by atoms with E-state index in [1.54, 1.807) is 29.2 Å². The van der Waals surface area contributed by atoms with Crippen LogP contribution in [0.3, 0.4) is 0 Å². The van der Waals surface area contributed by atoms with E-state index in [4.69, 9.17) is 14.2 Å². The number of carbonyl (C=O) groups excluding carboxylic acids is 2. The highest BCUT2D eigenvalue weighted by Gasteiger charge is 2.70. The molecule has 234 valence electrons. The Morgan fingerprint density at radius 1 is 1.00 bits per heavy atom. The highest BCUT2D eigenvalue weighted by atomic mass is 16.6. The average Bonchev–Trinajstić information content (AvgIpc) is 3.55. The van der Waals surface area contributed by atoms with Crippen LogP contribution in [-0.4, -0.2) is 37.1 Å². The summed E-state index contributed by atoms with van der Waals surface area (Å²) in [7, 11) is 2.72. The van der Waals surface area contributed by atoms with Crippen molar-refractivity contribution in [3.63, 3.8) is 0 Å². The molecule has 2 aliphatic heterocycles. The van der Waals surface area contributed by atoms with Gasteiger partial charge in [-0.05, 0) is 42.3 Å². The van der Waals surface area contributed by atoms with Gasteiger partial charge in [0.05, 0.1) is 44.7 Å². The maximum absolute atomic E-state index is 14.9. The summed E-state index contributed by atoms with van der Waals surface area (Å²) in [6, 6.07) is 27.6. The lowest BCUT2D eigenvalue weighted by molar-refractivity contribution is -0.531. The molecule has 0 radical (unpaired) electrons. The van der Waals surface area contributed by atoms with Crippen LogP contribution >= 0.6 is 0 Å². The molecule has 46 heavy (non-hydrogen) atoms. The molecule has 1 amide bonds. The Labute approximate surface area is 265 Å². The van der Waals surface area contributed by atoms with Crippen molar-refractivity contribution < 1.29 is 33.5 Å². The molecule has 4 aromatic carbocycles. The van der Waals surface area contributed by atoms with Crippen LogP contribution in [0.4, 0.5) is 5.69 Å². The molecule has 10 nitrogen and oxygen atoms in total. The van der Waals surface area contributed by atoms with Crippen LogP contribution in [-0.2, 0) is 31.2 Å². The Bertz CT molecular complexity index is 1810. The smallest absolute Gasteiger partial charge is 0.333 e. The molecule has 0 unspecified atom stereocenters. The lowest BCUT2D eigenvalue weighted by atomic mass is 9.74. The number of amides is 1. The van der Waals surface area contributed by atoms with Crippen LogP contribution in [0.25, 0.3) is 0 Å². The quantitative estimate of drug-likeness (QED) is 0.0734. The summed E-state index contributed by atoms with van der Waals surface area (Å²) < 4.78 is 22.8. The Morgan fingerprint density at radius 2 is 1.72 bits per heavy atom. The van der Waals surface area contributed by atoms with Gasteiger partial charge in [0.25, 0.3) is 11.9 Å². The van der Waals surface area contributed by atoms with Crippen LogP contribution in [0.5, 0.6) is 11.5 Å². The number of nitro groups is 1. The maximum Gasteiger partial charge on any atom is 0.333 e. The number of benzene rings is 4. The van der Waals surface area contributed by atoms with Crippen molar-refractivity contribution in [2.45, 2.75) is 37.1 Å². The second-order valence-electron chi connectivity index (χ2n) is 11.2. The Balaban J connectivity index is 1.56. The number of hydrogen-bond acceptors (Lipinski definition) is 8. The third-order valence-corrected chi connectivity index (χ3v) is 8.55. The van der Waals surface area contributed by atoms with E-state index < -0.39 is 35.5 Å². The van der Waals surface area contributed by atoms with E-state index >= 15 is 0 Å². The molecular weight excluding hydrogens is 588 g/mol. The standard InChI is InChI=1S/C36H32N2O8/c1-23-13-15-25(16-14-23)32-33(38(41)42)34(27-21-26(43-2)17-18-30(27)45-20-19-31(39)44-3)46-36(32)28-11-7-8-12-29(28)37(35(36)40)22-24-9-5-4-6-10-24/h4-21,32-34H,22H2,1-3H3/b20-19+/t32-,33-,34-,36+/m0/s1. The van der Waals surface area contributed by atoms with Crippen LogP contribution in [0.15, 0.2) is 109 Å². The molecule has 2 aliphatic rings. The van der Waals surface area contributed by atoms with Crippen LogP contribution in [0, 0.1) is 17.0 Å². The molecule has 0 N–H and O–H groups in total. The first-order valence-electron chi connectivity index (χ1n) is 14.7. The van der Waals surface area contributed by atoms with E-state index in [1.165, 1.54) is 14.2 Å². The summed E-state index contributed by atoms with van der Waals surface area (Å²) >= 11 is 0. The lowest BCUT2D eigenvalue weighted by Gasteiger charge is -2.29. The molecule has 1 saturated heterocycles. The van der Waals surface area contributed by atoms with E-state index in [9.17, 15) is 19.7 Å². The third-order valence-electron chi connectivity index (χ3n) is 8.55. The maximum atomic E-state index is 14.9. The third kappa shape index (κ3) is 5.26. The Morgan fingerprint density at radius 3 is 2.41 bits per heavy atom. The number of hydrogen-bond donors (Lipinski definition) is 0. The van der Waals surface area contributed by atoms with Crippen LogP contribution in [0.1, 0.15) is 39.8 Å². The number of anilines is 1. The van der Waals surface area contributed by atoms with Crippen molar-refractivity contribution >= 4 is 17.6 Å². The molecule has 0 bridgehead atoms. The zero-order valence-corrected chi connectivity index (χ0v) is 25.5. The average molecular weight is 621 g/mol. The van der Waals surface area contributed by atoms with Crippen LogP contribution < -0.4 is 14.4 Å². The van der Waals surface area contributed by atoms with Gasteiger partial charge >= 0.3 is 5.97 Å². The molecule has 4 aromatic rings. The first-order chi connectivity index (χ1) is 22.3. The molecule has 1 spiro atoms. The first kappa shape index (κ1) is 30.5. The largest absolute Gasteiger partial charge is 0.497 e. The van der Waals surface area contributed by atoms with Gasteiger partial charge < -0.3 is 23.8 Å². The highest BCUT2D eigenvalue weighted by molar-refractivity contribution is 6.08. The normalized spacial score (nSPS) is 21.8. The summed E-state index contributed by atoms with van der Waals surface area (Å²) in [5.41, 5.74) is 2.18. The number of rotatable bonds is 9. The molecule has 0 saturated carbocycles. The topological polar surface area (TPSA) is 117 Å². The van der Waals surface area contributed by atoms with Gasteiger partial charge in [-0.25, -0.2) is 4.79 Å². The summed E-state index contributed by atoms with van der Waals surface area (Å²) in [4.78, 5) is 41.2. The molecule has 6 rings (SSSR count). The van der Waals surface area contributed by atoms with E-state index in [-0.39, 0.29) is 22.8 Å². The minimum Gasteiger partial charge on any atom is -0.497 e. The molecule has 2 heterocycles. The van der Waals surface area contributed by atoms with E-state index in [0.29, 0.717) is 22.6 Å². The van der Waals surface area contributed by atoms with Gasteiger partial charge in [0.15, 0.2) is 11.7 Å². The summed E-state index contributed by atoms with van der Waals surface area (Å²) in [5.74, 6) is -1.46. The fourth-order valence-corrected chi connectivity index (χ4v) is 6.44. The number of ether oxygens (including phenoxy) is 4. The minimum absolute atomic E-state index is 0.192. The lowest BCUT2D eigenvalue weighted by Crippen LogP contribution is -2.45. The molecule has 0 aromatic heterocycles. The number of aryl methyl sites for hydroxylation is 1. The van der Waals surface area contributed by atoms with Crippen molar-refractivity contribution in [2.24, 2.45) is 0 Å². The van der Waals surface area contributed by atoms with E-state index in [1.807, 2.05) is 79.7 Å². The fraction of sp³-hybridized carbons (Fsp3) is 0.222. The van der Waals surface area contributed by atoms with Crippen molar-refractivity contribution in [2.75, 3.05) is 19.1 Å². The van der Waals surface area contributed by atoms with Gasteiger partial charge in [0.1, 0.15) is 11.5 Å². The van der Waals surface area contributed by atoms with Gasteiger partial charge in [0, 0.05) is 16.1 Å². The Hall–Kier alpha value is -5.48. The Kier molecular flexibility index (Phi) is 8.29. The second-order valence-corrected chi connectivity index (χ2v) is 11.2. The van der Waals surface area contributed by atoms with Gasteiger partial charge in [0.2, 0.25) is 0 Å². The molecule has 0 aliphatic carbocycles. The SMILES string of the molecule is COC(=O)/C=C/Oc1ccc(OC)cc1[C@@H]1O[C@@]2(C(=O)N(Cc3ccccc3)c3ccccc32)[C@@H](c2ccc(C)cc2)[C@@H]1[N+](=O)[O-]. The monoisotopic (exact) mass is 620 g/mol. The second kappa shape index (κ2) is 12.5. The fourth-order valence-electron chi connectivity index (χ4n) is 6.44. The number of fused-ring (bicyclic) bond motifs is 2. The van der Waals surface area contributed by atoms with Crippen molar-refractivity contribution in [3.05, 3.63) is 147 Å². The van der Waals surface area contributed by atoms with Crippen molar-refractivity contribution in [1.82, 2.24) is 0 Å². The number of methoxy groups -OCH3 is 2. The highest BCUT2D eigenvalue weighted by Crippen LogP contribution is 2.61. The van der Waals surface area contributed by atoms with E-state index in [2.05, 4.69) is 4.74 Å². The first-order valence-corrected chi connectivity index (χ1v) is 14.7. The predicted molar refractivity (Wildman–Crippen MR) is 169 cm³/mol. The molecular formula is C36H32N2O8. The summed E-state index contributed by atoms with van der Waals surface area (Å²) in [5, 5.41) is 13.2. The minimum atomic E-state index is -1.74. The van der Waals surface area contributed by atoms with Crippen molar-refractivity contribution in [1.29, 1.82) is 0 Å². The predicted octanol–water partition coefficient (Wildman–Crippen LogP) is 6.01. The number of carbonyl (C=O) groups is 2. The van der Waals surface area contributed by atoms with Gasteiger partial charge in [-0.1, -0.05) is 78.4 Å². The van der Waals surface area contributed by atoms with Gasteiger partial charge in [-0.3, -0.25) is 14.9 Å². The van der Waals surface area contributed by atoms with Crippen LogP contribution in [0.2, 0.25) is 0 Å². The zero-order chi connectivity index (χ0) is 32.4. The van der Waals surface area contributed by atoms with E-state index in [0.717, 1.165) is 23.5 Å². The van der Waals surface area contributed by atoms with Gasteiger partial charge in [-0.15, -0.1) is 0 Å². The number of para-hydroxylation sites is 1. The number of nitrogens with zero attached hydrogens (tertiary/aromatic N) is 2. The van der Waals surface area contributed by atoms with Crippen molar-refractivity contribution in [3.8, 4) is 11.5 Å². The van der Waals surface area contributed by atoms with Gasteiger partial charge in [-0.2, -0.15) is 0 Å². The molecule has 1 fully saturated rings.